The Hall–Kier alpha value is 0.657. The van der Waals surface area contributed by atoms with Crippen molar-refractivity contribution < 1.29 is 0 Å². The third kappa shape index (κ3) is 4.66. The molecule has 0 saturated carbocycles. The van der Waals surface area contributed by atoms with Crippen LogP contribution in [0.4, 0.5) is 0 Å². The maximum absolute atomic E-state index is 3.27. The molecular weight excluding hydrogens is 146 g/mol. The fourth-order valence-electron chi connectivity index (χ4n) is 0. The minimum absolute atomic E-state index is 0.760. The second kappa shape index (κ2) is 2.87. The lowest BCUT2D eigenvalue weighted by atomic mass is 11.3. The third-order valence-corrected chi connectivity index (χ3v) is 2.63. The summed E-state index contributed by atoms with van der Waals surface area (Å²) >= 11 is 3.27. The molecule has 0 spiro atoms. The summed E-state index contributed by atoms with van der Waals surface area (Å²) in [6.07, 6.45) is 0. The van der Waals surface area contributed by atoms with Crippen molar-refractivity contribution in [3.63, 3.8) is 0 Å². The van der Waals surface area contributed by atoms with Crippen LogP contribution in [0.15, 0.2) is 0 Å². The molecule has 1 nitrogen and oxygen atoms in total. The van der Waals surface area contributed by atoms with E-state index in [0.717, 1.165) is 8.30 Å². The SMILES string of the molecule is CN(C)[Si]Br. The maximum atomic E-state index is 3.27. The van der Waals surface area contributed by atoms with E-state index in [1.807, 2.05) is 14.1 Å². The van der Waals surface area contributed by atoms with Crippen LogP contribution in [0, 0.1) is 0 Å². The number of hydrogen-bond donors (Lipinski definition) is 0. The Balaban J connectivity index is 2.54. The zero-order valence-electron chi connectivity index (χ0n) is 3.33. The van der Waals surface area contributed by atoms with Crippen LogP contribution < -0.4 is 0 Å². The summed E-state index contributed by atoms with van der Waals surface area (Å²) < 4.78 is 2.07. The molecule has 30 valence electrons. The molecule has 0 aliphatic carbocycles. The Morgan fingerprint density at radius 1 is 1.60 bits per heavy atom. The van der Waals surface area contributed by atoms with Crippen molar-refractivity contribution >= 4 is 23.6 Å². The molecule has 0 rings (SSSR count). The summed E-state index contributed by atoms with van der Waals surface area (Å²) in [5, 5.41) is 0. The highest BCUT2D eigenvalue weighted by atomic mass is 79.9. The molecule has 0 atom stereocenters. The van der Waals surface area contributed by atoms with E-state index in [0.29, 0.717) is 0 Å². The number of hydrogen-bond acceptors (Lipinski definition) is 1. The van der Waals surface area contributed by atoms with Gasteiger partial charge in [-0.15, -0.1) is 15.3 Å². The van der Waals surface area contributed by atoms with Gasteiger partial charge in [0, 0.05) is 0 Å². The van der Waals surface area contributed by atoms with Gasteiger partial charge in [0.1, 0.15) is 0 Å². The third-order valence-electron chi connectivity index (χ3n) is 0.169. The highest BCUT2D eigenvalue weighted by Gasteiger charge is 1.78. The molecule has 0 aromatic carbocycles. The monoisotopic (exact) mass is 151 g/mol. The normalized spacial score (nSPS) is 9.60. The lowest BCUT2D eigenvalue weighted by molar-refractivity contribution is 0.675. The molecule has 0 aliphatic rings. The Bertz CT molecular complexity index is 23.6. The van der Waals surface area contributed by atoms with Crippen LogP contribution in [0.3, 0.4) is 0 Å². The van der Waals surface area contributed by atoms with E-state index in [1.165, 1.54) is 0 Å². The van der Waals surface area contributed by atoms with Crippen LogP contribution in [0.25, 0.3) is 0 Å². The maximum Gasteiger partial charge on any atom is 0.237 e. The molecule has 3 heteroatoms. The van der Waals surface area contributed by atoms with Crippen LogP contribution in [-0.4, -0.2) is 27.0 Å². The molecule has 2 radical (unpaired) electrons. The molecule has 0 aromatic rings. The van der Waals surface area contributed by atoms with Crippen molar-refractivity contribution in [2.75, 3.05) is 14.1 Å². The van der Waals surface area contributed by atoms with E-state index in [9.17, 15) is 0 Å². The van der Waals surface area contributed by atoms with Crippen LogP contribution in [-0.2, 0) is 0 Å². The summed E-state index contributed by atoms with van der Waals surface area (Å²) in [6.45, 7) is 0. The summed E-state index contributed by atoms with van der Waals surface area (Å²) in [7, 11) is 4.80. The first kappa shape index (κ1) is 5.66. The fourth-order valence-corrected chi connectivity index (χ4v) is 0. The molecular formula is C2H6BrNSi. The molecule has 0 unspecified atom stereocenters. The van der Waals surface area contributed by atoms with Gasteiger partial charge in [-0.05, 0) is 14.1 Å². The molecule has 0 bridgehead atoms. The molecule has 0 amide bonds. The first-order chi connectivity index (χ1) is 2.27. The Labute approximate surface area is 42.8 Å². The van der Waals surface area contributed by atoms with Gasteiger partial charge in [0.25, 0.3) is 0 Å². The van der Waals surface area contributed by atoms with Gasteiger partial charge < -0.3 is 4.57 Å². The van der Waals surface area contributed by atoms with E-state index in [4.69, 9.17) is 0 Å². The van der Waals surface area contributed by atoms with Crippen molar-refractivity contribution in [1.29, 1.82) is 0 Å². The van der Waals surface area contributed by atoms with E-state index in [2.05, 4.69) is 19.9 Å². The summed E-state index contributed by atoms with van der Waals surface area (Å²) in [4.78, 5) is 0. The Morgan fingerprint density at radius 2 is 1.80 bits per heavy atom. The zero-order chi connectivity index (χ0) is 4.28. The van der Waals surface area contributed by atoms with Crippen molar-refractivity contribution in [3.05, 3.63) is 0 Å². The van der Waals surface area contributed by atoms with Crippen LogP contribution in [0.5, 0.6) is 0 Å². The van der Waals surface area contributed by atoms with Gasteiger partial charge in [0.05, 0.1) is 0 Å². The van der Waals surface area contributed by atoms with Gasteiger partial charge in [-0.1, -0.05) is 0 Å². The van der Waals surface area contributed by atoms with E-state index < -0.39 is 0 Å². The summed E-state index contributed by atoms with van der Waals surface area (Å²) in [6, 6.07) is 0. The standard InChI is InChI=1S/C2H6BrNSi/c1-4(2)5-3/h1-2H3. The first-order valence-corrected chi connectivity index (χ1v) is 4.51. The second-order valence-corrected chi connectivity index (χ2v) is 3.11. The predicted octanol–water partition coefficient (Wildman–Crippen LogP) is 0.477. The minimum Gasteiger partial charge on any atom is -0.322 e. The van der Waals surface area contributed by atoms with Gasteiger partial charge in [-0.3, -0.25) is 0 Å². The Kier molecular flexibility index (Phi) is 3.25. The van der Waals surface area contributed by atoms with Crippen molar-refractivity contribution in [1.82, 2.24) is 4.57 Å². The van der Waals surface area contributed by atoms with Crippen LogP contribution in [0.1, 0.15) is 0 Å². The van der Waals surface area contributed by atoms with Gasteiger partial charge >= 0.3 is 0 Å². The fraction of sp³-hybridized carbons (Fsp3) is 1.00. The average Bonchev–Trinajstić information content (AvgIpc) is 1.38. The van der Waals surface area contributed by atoms with Crippen LogP contribution >= 0.6 is 15.3 Å². The van der Waals surface area contributed by atoms with Crippen molar-refractivity contribution in [2.24, 2.45) is 0 Å². The average molecular weight is 152 g/mol. The van der Waals surface area contributed by atoms with Crippen molar-refractivity contribution in [3.8, 4) is 0 Å². The second-order valence-electron chi connectivity index (χ2n) is 0.979. The lowest BCUT2D eigenvalue weighted by Crippen LogP contribution is -2.10. The summed E-state index contributed by atoms with van der Waals surface area (Å²) in [5.74, 6) is 0. The van der Waals surface area contributed by atoms with Gasteiger partial charge in [-0.2, -0.15) is 0 Å². The van der Waals surface area contributed by atoms with Gasteiger partial charge in [-0.25, -0.2) is 0 Å². The number of nitrogens with zero attached hydrogens (tertiary/aromatic N) is 1. The topological polar surface area (TPSA) is 3.24 Å². The molecule has 0 aromatic heterocycles. The van der Waals surface area contributed by atoms with E-state index >= 15 is 0 Å². The molecule has 0 heterocycles. The molecule has 0 fully saturated rings. The minimum atomic E-state index is 0.760. The predicted molar refractivity (Wildman–Crippen MR) is 28.4 cm³/mol. The quantitative estimate of drug-likeness (QED) is 0.390. The smallest absolute Gasteiger partial charge is 0.237 e. The van der Waals surface area contributed by atoms with Gasteiger partial charge in [0.2, 0.25) is 8.30 Å². The van der Waals surface area contributed by atoms with Crippen molar-refractivity contribution in [2.45, 2.75) is 0 Å². The first-order valence-electron chi connectivity index (χ1n) is 1.31. The largest absolute Gasteiger partial charge is 0.322 e. The zero-order valence-corrected chi connectivity index (χ0v) is 5.91. The molecule has 5 heavy (non-hydrogen) atoms. The number of rotatable bonds is 1. The highest BCUT2D eigenvalue weighted by Crippen LogP contribution is 1.73. The molecule has 0 aliphatic heterocycles. The van der Waals surface area contributed by atoms with Crippen LogP contribution in [0.2, 0.25) is 0 Å². The lowest BCUT2D eigenvalue weighted by Gasteiger charge is -1.96. The summed E-state index contributed by atoms with van der Waals surface area (Å²) in [5.41, 5.74) is 0. The van der Waals surface area contributed by atoms with E-state index in [1.54, 1.807) is 0 Å². The Morgan fingerprint density at radius 3 is 1.80 bits per heavy atom. The molecule has 0 saturated heterocycles. The number of halogens is 1. The van der Waals surface area contributed by atoms with E-state index in [-0.39, 0.29) is 0 Å². The molecule has 0 N–H and O–H groups in total. The highest BCUT2D eigenvalue weighted by molar-refractivity contribution is 9.23. The van der Waals surface area contributed by atoms with Gasteiger partial charge in [0.15, 0.2) is 0 Å².